The van der Waals surface area contributed by atoms with Crippen molar-refractivity contribution in [3.05, 3.63) is 34.4 Å². The summed E-state index contributed by atoms with van der Waals surface area (Å²) in [6.45, 7) is 0.658. The number of hydrogen-bond donors (Lipinski definition) is 0. The fourth-order valence-electron chi connectivity index (χ4n) is 1.49. The Hall–Kier alpha value is -1.62. The summed E-state index contributed by atoms with van der Waals surface area (Å²) < 4.78 is 10.7. The SMILES string of the molecule is O=[N+]([O-])c1ccccc1OC1CCCO1. The Balaban J connectivity index is 2.15. The van der Waals surface area contributed by atoms with Crippen LogP contribution in [-0.4, -0.2) is 17.8 Å². The van der Waals surface area contributed by atoms with E-state index in [1.807, 2.05) is 0 Å². The van der Waals surface area contributed by atoms with Crippen molar-refractivity contribution in [3.8, 4) is 5.75 Å². The number of nitrogens with zero attached hydrogens (tertiary/aromatic N) is 1. The highest BCUT2D eigenvalue weighted by atomic mass is 16.7. The Morgan fingerprint density at radius 1 is 1.47 bits per heavy atom. The van der Waals surface area contributed by atoms with Gasteiger partial charge in [0.1, 0.15) is 0 Å². The Morgan fingerprint density at radius 3 is 2.93 bits per heavy atom. The van der Waals surface area contributed by atoms with Gasteiger partial charge in [0.05, 0.1) is 11.5 Å². The molecule has 1 aromatic carbocycles. The molecule has 1 fully saturated rings. The zero-order valence-electron chi connectivity index (χ0n) is 8.09. The van der Waals surface area contributed by atoms with E-state index in [2.05, 4.69) is 0 Å². The van der Waals surface area contributed by atoms with Crippen molar-refractivity contribution in [1.82, 2.24) is 0 Å². The molecule has 1 saturated heterocycles. The summed E-state index contributed by atoms with van der Waals surface area (Å²) in [6, 6.07) is 6.32. The standard InChI is InChI=1S/C10H11NO4/c12-11(13)8-4-1-2-5-9(8)15-10-6-3-7-14-10/h1-2,4-5,10H,3,6-7H2. The van der Waals surface area contributed by atoms with Crippen molar-refractivity contribution in [2.24, 2.45) is 0 Å². The van der Waals surface area contributed by atoms with Crippen LogP contribution in [0.1, 0.15) is 12.8 Å². The average molecular weight is 209 g/mol. The fraction of sp³-hybridized carbons (Fsp3) is 0.400. The first-order chi connectivity index (χ1) is 7.27. The largest absolute Gasteiger partial charge is 0.458 e. The summed E-state index contributed by atoms with van der Waals surface area (Å²) in [6.07, 6.45) is 1.38. The van der Waals surface area contributed by atoms with Gasteiger partial charge < -0.3 is 9.47 Å². The minimum Gasteiger partial charge on any atom is -0.458 e. The van der Waals surface area contributed by atoms with E-state index in [0.717, 1.165) is 12.8 Å². The Morgan fingerprint density at radius 2 is 2.27 bits per heavy atom. The lowest BCUT2D eigenvalue weighted by molar-refractivity contribution is -0.386. The van der Waals surface area contributed by atoms with Crippen LogP contribution in [0.3, 0.4) is 0 Å². The molecule has 2 rings (SSSR count). The lowest BCUT2D eigenvalue weighted by Crippen LogP contribution is -2.14. The molecule has 15 heavy (non-hydrogen) atoms. The molecular weight excluding hydrogens is 198 g/mol. The normalized spacial score (nSPS) is 20.1. The van der Waals surface area contributed by atoms with E-state index in [1.54, 1.807) is 18.2 Å². The predicted octanol–water partition coefficient (Wildman–Crippen LogP) is 2.11. The highest BCUT2D eigenvalue weighted by Gasteiger charge is 2.21. The molecule has 5 heteroatoms. The molecule has 1 aromatic rings. The first-order valence-corrected chi connectivity index (χ1v) is 4.79. The maximum atomic E-state index is 10.7. The van der Waals surface area contributed by atoms with Gasteiger partial charge >= 0.3 is 5.69 Å². The van der Waals surface area contributed by atoms with E-state index in [0.29, 0.717) is 6.61 Å². The Kier molecular flexibility index (Phi) is 2.82. The first kappa shape index (κ1) is 9.92. The van der Waals surface area contributed by atoms with Gasteiger partial charge in [-0.3, -0.25) is 10.1 Å². The lowest BCUT2D eigenvalue weighted by atomic mass is 10.3. The number of para-hydroxylation sites is 2. The monoisotopic (exact) mass is 209 g/mol. The van der Waals surface area contributed by atoms with Crippen molar-refractivity contribution in [2.75, 3.05) is 6.61 Å². The van der Waals surface area contributed by atoms with E-state index in [1.165, 1.54) is 6.07 Å². The molecule has 5 nitrogen and oxygen atoms in total. The van der Waals surface area contributed by atoms with Gasteiger partial charge in [0.15, 0.2) is 12.0 Å². The van der Waals surface area contributed by atoms with Gasteiger partial charge in [-0.1, -0.05) is 12.1 Å². The minimum atomic E-state index is -0.454. The van der Waals surface area contributed by atoms with Gasteiger partial charge in [-0.2, -0.15) is 0 Å². The predicted molar refractivity (Wildman–Crippen MR) is 52.7 cm³/mol. The van der Waals surface area contributed by atoms with Crippen LogP contribution >= 0.6 is 0 Å². The third-order valence-electron chi connectivity index (χ3n) is 2.21. The number of ether oxygens (including phenoxy) is 2. The molecule has 80 valence electrons. The molecule has 1 heterocycles. The highest BCUT2D eigenvalue weighted by molar-refractivity contribution is 5.45. The summed E-state index contributed by atoms with van der Waals surface area (Å²) in [5, 5.41) is 10.7. The summed E-state index contributed by atoms with van der Waals surface area (Å²) >= 11 is 0. The number of benzene rings is 1. The Bertz CT molecular complexity index is 360. The zero-order valence-corrected chi connectivity index (χ0v) is 8.09. The molecule has 0 aliphatic carbocycles. The zero-order chi connectivity index (χ0) is 10.7. The molecule has 1 aliphatic heterocycles. The third kappa shape index (κ3) is 2.24. The topological polar surface area (TPSA) is 61.6 Å². The second kappa shape index (κ2) is 4.27. The van der Waals surface area contributed by atoms with Crippen LogP contribution in [0.25, 0.3) is 0 Å². The number of hydrogen-bond acceptors (Lipinski definition) is 4. The van der Waals surface area contributed by atoms with Gasteiger partial charge in [0, 0.05) is 12.5 Å². The second-order valence-electron chi connectivity index (χ2n) is 3.29. The Labute approximate surface area is 86.8 Å². The smallest absolute Gasteiger partial charge is 0.311 e. The third-order valence-corrected chi connectivity index (χ3v) is 2.21. The van der Waals surface area contributed by atoms with Gasteiger partial charge in [0.25, 0.3) is 0 Å². The van der Waals surface area contributed by atoms with Crippen LogP contribution in [0.15, 0.2) is 24.3 Å². The molecule has 1 aliphatic rings. The van der Waals surface area contributed by atoms with Crippen molar-refractivity contribution >= 4 is 5.69 Å². The van der Waals surface area contributed by atoms with E-state index >= 15 is 0 Å². The molecule has 1 unspecified atom stereocenters. The quantitative estimate of drug-likeness (QED) is 0.565. The van der Waals surface area contributed by atoms with Gasteiger partial charge in [-0.25, -0.2) is 0 Å². The molecule has 1 atom stereocenters. The van der Waals surface area contributed by atoms with Crippen molar-refractivity contribution in [2.45, 2.75) is 19.1 Å². The van der Waals surface area contributed by atoms with Crippen molar-refractivity contribution in [1.29, 1.82) is 0 Å². The van der Waals surface area contributed by atoms with Crippen LogP contribution in [0.2, 0.25) is 0 Å². The van der Waals surface area contributed by atoms with Gasteiger partial charge in [-0.15, -0.1) is 0 Å². The van der Waals surface area contributed by atoms with Crippen LogP contribution < -0.4 is 4.74 Å². The van der Waals surface area contributed by atoms with Crippen molar-refractivity contribution in [3.63, 3.8) is 0 Å². The van der Waals surface area contributed by atoms with Crippen LogP contribution in [0, 0.1) is 10.1 Å². The number of nitro groups is 1. The number of nitro benzene ring substituents is 1. The van der Waals surface area contributed by atoms with Gasteiger partial charge in [-0.05, 0) is 12.5 Å². The maximum absolute atomic E-state index is 10.7. The van der Waals surface area contributed by atoms with Crippen LogP contribution in [0.4, 0.5) is 5.69 Å². The molecule has 0 aromatic heterocycles. The second-order valence-corrected chi connectivity index (χ2v) is 3.29. The minimum absolute atomic E-state index is 0.0204. The van der Waals surface area contributed by atoms with E-state index < -0.39 is 4.92 Å². The average Bonchev–Trinajstić information content (AvgIpc) is 2.71. The molecule has 0 N–H and O–H groups in total. The van der Waals surface area contributed by atoms with Crippen LogP contribution in [0.5, 0.6) is 5.75 Å². The van der Waals surface area contributed by atoms with Crippen LogP contribution in [-0.2, 0) is 4.74 Å². The molecule has 0 amide bonds. The molecule has 0 radical (unpaired) electrons. The molecule has 0 spiro atoms. The summed E-state index contributed by atoms with van der Waals surface area (Å²) in [5.74, 6) is 0.273. The van der Waals surface area contributed by atoms with E-state index in [-0.39, 0.29) is 17.7 Å². The van der Waals surface area contributed by atoms with Gasteiger partial charge in [0.2, 0.25) is 0 Å². The summed E-state index contributed by atoms with van der Waals surface area (Å²) in [5.41, 5.74) is -0.0204. The molecular formula is C10H11NO4. The fourth-order valence-corrected chi connectivity index (χ4v) is 1.49. The van der Waals surface area contributed by atoms with E-state index in [4.69, 9.17) is 9.47 Å². The summed E-state index contributed by atoms with van der Waals surface area (Å²) in [7, 11) is 0. The highest BCUT2D eigenvalue weighted by Crippen LogP contribution is 2.28. The molecule has 0 bridgehead atoms. The molecule has 0 saturated carbocycles. The number of rotatable bonds is 3. The lowest BCUT2D eigenvalue weighted by Gasteiger charge is -2.12. The maximum Gasteiger partial charge on any atom is 0.311 e. The van der Waals surface area contributed by atoms with Crippen molar-refractivity contribution < 1.29 is 14.4 Å². The first-order valence-electron chi connectivity index (χ1n) is 4.79. The summed E-state index contributed by atoms with van der Waals surface area (Å²) in [4.78, 5) is 10.2. The van der Waals surface area contributed by atoms with E-state index in [9.17, 15) is 10.1 Å².